The quantitative estimate of drug-likeness (QED) is 0.873. The smallest absolute Gasteiger partial charge is 0.137 e. The summed E-state index contributed by atoms with van der Waals surface area (Å²) >= 11 is 6.11. The molecular formula is C15H23ClN2O2. The number of likely N-dealkylation sites (N-methyl/N-ethyl adjacent to an activating group) is 1. The zero-order chi connectivity index (χ0) is 14.4. The zero-order valence-corrected chi connectivity index (χ0v) is 12.9. The summed E-state index contributed by atoms with van der Waals surface area (Å²) in [5.74, 6) is 0.713. The summed E-state index contributed by atoms with van der Waals surface area (Å²) in [5, 5.41) is 4.08. The normalized spacial score (nSPS) is 20.1. The van der Waals surface area contributed by atoms with Crippen LogP contribution >= 0.6 is 11.6 Å². The lowest BCUT2D eigenvalue weighted by atomic mass is 10.2. The fraction of sp³-hybridized carbons (Fsp3) is 0.600. The Morgan fingerprint density at radius 1 is 1.50 bits per heavy atom. The predicted molar refractivity (Wildman–Crippen MR) is 81.6 cm³/mol. The lowest BCUT2D eigenvalue weighted by Gasteiger charge is -2.32. The number of morpholine rings is 1. The highest BCUT2D eigenvalue weighted by atomic mass is 35.5. The van der Waals surface area contributed by atoms with Crippen LogP contribution in [0.4, 0.5) is 0 Å². The second-order valence-corrected chi connectivity index (χ2v) is 5.39. The molecule has 20 heavy (non-hydrogen) atoms. The van der Waals surface area contributed by atoms with Crippen LogP contribution in [0.25, 0.3) is 0 Å². The maximum Gasteiger partial charge on any atom is 0.137 e. The maximum absolute atomic E-state index is 6.11. The number of ether oxygens (including phenoxy) is 2. The van der Waals surface area contributed by atoms with Gasteiger partial charge in [0, 0.05) is 26.2 Å². The third-order valence-corrected chi connectivity index (χ3v) is 3.88. The molecular weight excluding hydrogens is 276 g/mol. The Balaban J connectivity index is 1.76. The first kappa shape index (κ1) is 15.6. The minimum atomic E-state index is 0.275. The molecule has 0 aliphatic carbocycles. The molecule has 0 spiro atoms. The van der Waals surface area contributed by atoms with Gasteiger partial charge < -0.3 is 14.8 Å². The van der Waals surface area contributed by atoms with Gasteiger partial charge in [0.05, 0.1) is 24.8 Å². The highest BCUT2D eigenvalue weighted by Gasteiger charge is 2.18. The van der Waals surface area contributed by atoms with Crippen molar-refractivity contribution in [3.8, 4) is 5.75 Å². The van der Waals surface area contributed by atoms with Crippen molar-refractivity contribution in [3.63, 3.8) is 0 Å². The molecule has 1 unspecified atom stereocenters. The molecule has 4 nitrogen and oxygen atoms in total. The topological polar surface area (TPSA) is 33.7 Å². The Morgan fingerprint density at radius 3 is 3.05 bits per heavy atom. The highest BCUT2D eigenvalue weighted by Crippen LogP contribution is 2.24. The van der Waals surface area contributed by atoms with E-state index in [9.17, 15) is 0 Å². The van der Waals surface area contributed by atoms with Gasteiger partial charge in [0.2, 0.25) is 0 Å². The van der Waals surface area contributed by atoms with Gasteiger partial charge in [-0.25, -0.2) is 0 Å². The third-order valence-electron chi connectivity index (χ3n) is 3.59. The van der Waals surface area contributed by atoms with Crippen molar-refractivity contribution in [2.75, 3.05) is 39.9 Å². The van der Waals surface area contributed by atoms with Crippen LogP contribution in [0, 0.1) is 0 Å². The molecule has 112 valence electrons. The van der Waals surface area contributed by atoms with Crippen molar-refractivity contribution >= 4 is 11.6 Å². The largest absolute Gasteiger partial charge is 0.495 e. The maximum atomic E-state index is 6.11. The molecule has 1 aliphatic heterocycles. The third kappa shape index (κ3) is 4.35. The number of nitrogens with zero attached hydrogens (tertiary/aromatic N) is 1. The van der Waals surface area contributed by atoms with Crippen LogP contribution in [0.1, 0.15) is 12.5 Å². The van der Waals surface area contributed by atoms with E-state index in [4.69, 9.17) is 21.1 Å². The predicted octanol–water partition coefficient (Wildman–Crippen LogP) is 2.16. The fourth-order valence-corrected chi connectivity index (χ4v) is 2.67. The van der Waals surface area contributed by atoms with E-state index in [2.05, 4.69) is 17.1 Å². The summed E-state index contributed by atoms with van der Waals surface area (Å²) < 4.78 is 10.9. The first-order chi connectivity index (χ1) is 9.72. The van der Waals surface area contributed by atoms with Crippen molar-refractivity contribution in [2.45, 2.75) is 19.6 Å². The summed E-state index contributed by atoms with van der Waals surface area (Å²) in [6.07, 6.45) is 0.275. The zero-order valence-electron chi connectivity index (χ0n) is 12.2. The molecule has 1 heterocycles. The van der Waals surface area contributed by atoms with E-state index in [0.717, 1.165) is 44.9 Å². The molecule has 1 atom stereocenters. The Bertz CT molecular complexity index is 428. The Morgan fingerprint density at radius 2 is 2.35 bits per heavy atom. The molecule has 1 aromatic carbocycles. The molecule has 5 heteroatoms. The van der Waals surface area contributed by atoms with Crippen LogP contribution < -0.4 is 10.1 Å². The van der Waals surface area contributed by atoms with Gasteiger partial charge in [0.15, 0.2) is 0 Å². The molecule has 0 bridgehead atoms. The molecule has 2 rings (SSSR count). The second kappa shape index (κ2) is 7.84. The molecule has 0 saturated carbocycles. The second-order valence-electron chi connectivity index (χ2n) is 4.99. The summed E-state index contributed by atoms with van der Waals surface area (Å²) in [5.41, 5.74) is 1.15. The van der Waals surface area contributed by atoms with Crippen molar-refractivity contribution in [1.82, 2.24) is 10.2 Å². The summed E-state index contributed by atoms with van der Waals surface area (Å²) in [7, 11) is 1.62. The standard InChI is InChI=1S/C15H23ClN2O2/c1-3-18-6-7-20-13(11-18)10-17-9-12-4-5-15(19-2)14(16)8-12/h4-5,8,13,17H,3,6-7,9-11H2,1-2H3. The Hall–Kier alpha value is -0.810. The number of hydrogen-bond acceptors (Lipinski definition) is 4. The number of benzene rings is 1. The van der Waals surface area contributed by atoms with Crippen molar-refractivity contribution < 1.29 is 9.47 Å². The van der Waals surface area contributed by atoms with Gasteiger partial charge >= 0.3 is 0 Å². The Labute approximate surface area is 126 Å². The molecule has 1 saturated heterocycles. The number of hydrogen-bond donors (Lipinski definition) is 1. The SMILES string of the molecule is CCN1CCOC(CNCc2ccc(OC)c(Cl)c2)C1. The van der Waals surface area contributed by atoms with Gasteiger partial charge in [-0.3, -0.25) is 4.90 Å². The van der Waals surface area contributed by atoms with Crippen molar-refractivity contribution in [1.29, 1.82) is 0 Å². The fourth-order valence-electron chi connectivity index (χ4n) is 2.39. The van der Waals surface area contributed by atoms with E-state index in [1.165, 1.54) is 0 Å². The van der Waals surface area contributed by atoms with Gasteiger partial charge in [-0.15, -0.1) is 0 Å². The minimum Gasteiger partial charge on any atom is -0.495 e. The van der Waals surface area contributed by atoms with Crippen LogP contribution in [0.15, 0.2) is 18.2 Å². The first-order valence-electron chi connectivity index (χ1n) is 7.10. The molecule has 1 aliphatic rings. The monoisotopic (exact) mass is 298 g/mol. The van der Waals surface area contributed by atoms with Gasteiger partial charge in [0.25, 0.3) is 0 Å². The van der Waals surface area contributed by atoms with E-state index >= 15 is 0 Å². The summed E-state index contributed by atoms with van der Waals surface area (Å²) in [6, 6.07) is 5.86. The average molecular weight is 299 g/mol. The molecule has 1 fully saturated rings. The van der Waals surface area contributed by atoms with E-state index in [1.807, 2.05) is 18.2 Å². The average Bonchev–Trinajstić information content (AvgIpc) is 2.48. The van der Waals surface area contributed by atoms with Crippen molar-refractivity contribution in [3.05, 3.63) is 28.8 Å². The van der Waals surface area contributed by atoms with Crippen LogP contribution in [-0.2, 0) is 11.3 Å². The van der Waals surface area contributed by atoms with Crippen molar-refractivity contribution in [2.24, 2.45) is 0 Å². The summed E-state index contributed by atoms with van der Waals surface area (Å²) in [6.45, 7) is 7.81. The Kier molecular flexibility index (Phi) is 6.10. The van der Waals surface area contributed by atoms with E-state index in [-0.39, 0.29) is 6.10 Å². The minimum absolute atomic E-state index is 0.275. The first-order valence-corrected chi connectivity index (χ1v) is 7.47. The molecule has 0 amide bonds. The van der Waals surface area contributed by atoms with Gasteiger partial charge in [-0.2, -0.15) is 0 Å². The number of nitrogens with one attached hydrogen (secondary N) is 1. The van der Waals surface area contributed by atoms with E-state index in [1.54, 1.807) is 7.11 Å². The van der Waals surface area contributed by atoms with E-state index < -0.39 is 0 Å². The molecule has 0 aromatic heterocycles. The highest BCUT2D eigenvalue weighted by molar-refractivity contribution is 6.32. The van der Waals surface area contributed by atoms with Gasteiger partial charge in [0.1, 0.15) is 5.75 Å². The molecule has 1 N–H and O–H groups in total. The van der Waals surface area contributed by atoms with Crippen LogP contribution in [0.5, 0.6) is 5.75 Å². The number of methoxy groups -OCH3 is 1. The van der Waals surface area contributed by atoms with Gasteiger partial charge in [-0.1, -0.05) is 24.6 Å². The summed E-state index contributed by atoms with van der Waals surface area (Å²) in [4.78, 5) is 2.42. The molecule has 0 radical (unpaired) electrons. The lowest BCUT2D eigenvalue weighted by molar-refractivity contribution is -0.0253. The van der Waals surface area contributed by atoms with E-state index in [0.29, 0.717) is 10.8 Å². The number of halogens is 1. The number of rotatable bonds is 6. The van der Waals surface area contributed by atoms with Crippen LogP contribution in [0.2, 0.25) is 5.02 Å². The molecule has 1 aromatic rings. The van der Waals surface area contributed by atoms with Gasteiger partial charge in [-0.05, 0) is 24.2 Å². The van der Waals surface area contributed by atoms with Crippen LogP contribution in [-0.4, -0.2) is 50.9 Å². The van der Waals surface area contributed by atoms with Crippen LogP contribution in [0.3, 0.4) is 0 Å². The lowest BCUT2D eigenvalue weighted by Crippen LogP contribution is -2.46.